The molecule has 2 atom stereocenters. The van der Waals surface area contributed by atoms with Gasteiger partial charge in [0, 0.05) is 12.1 Å². The molecule has 1 heterocycles. The zero-order valence-electron chi connectivity index (χ0n) is 15.1. The Bertz CT molecular complexity index is 1090. The minimum atomic E-state index is -4.12. The predicted octanol–water partition coefficient (Wildman–Crippen LogP) is 2.31. The van der Waals surface area contributed by atoms with Crippen LogP contribution in [0.5, 0.6) is 0 Å². The average Bonchev–Trinajstić information content (AvgIpc) is 2.89. The summed E-state index contributed by atoms with van der Waals surface area (Å²) < 4.78 is 32.5. The number of hydrogen-bond donors (Lipinski definition) is 0. The van der Waals surface area contributed by atoms with E-state index in [4.69, 9.17) is 4.74 Å². The first-order valence-electron chi connectivity index (χ1n) is 8.57. The number of hydrogen-bond acceptors (Lipinski definition) is 6. The van der Waals surface area contributed by atoms with Gasteiger partial charge >= 0.3 is 5.97 Å². The SMILES string of the molecule is CCOC(=O)C(C#N)C1(C#N)c2ccccc2S(=O)(=O)N1Cc1ccccc1. The van der Waals surface area contributed by atoms with Gasteiger partial charge in [-0.2, -0.15) is 14.8 Å². The van der Waals surface area contributed by atoms with E-state index in [9.17, 15) is 23.7 Å². The maximum Gasteiger partial charge on any atom is 0.326 e. The summed E-state index contributed by atoms with van der Waals surface area (Å²) in [4.78, 5) is 12.4. The van der Waals surface area contributed by atoms with Gasteiger partial charge in [-0.05, 0) is 18.6 Å². The monoisotopic (exact) mass is 395 g/mol. The van der Waals surface area contributed by atoms with Crippen LogP contribution in [0.4, 0.5) is 0 Å². The number of nitriles is 2. The minimum absolute atomic E-state index is 0.00556. The number of benzene rings is 2. The second kappa shape index (κ2) is 7.43. The standard InChI is InChI=1S/C20H17N3O4S/c1-2-27-19(24)17(12-21)20(14-22)16-10-6-7-11-18(16)28(25,26)23(20)13-15-8-4-3-5-9-15/h3-11,17H,2,13H2,1H3. The van der Waals surface area contributed by atoms with E-state index >= 15 is 0 Å². The highest BCUT2D eigenvalue weighted by molar-refractivity contribution is 7.89. The van der Waals surface area contributed by atoms with Crippen LogP contribution >= 0.6 is 0 Å². The lowest BCUT2D eigenvalue weighted by atomic mass is 9.79. The second-order valence-corrected chi connectivity index (χ2v) is 8.02. The summed E-state index contributed by atoms with van der Waals surface area (Å²) >= 11 is 0. The van der Waals surface area contributed by atoms with Crippen LogP contribution in [0.15, 0.2) is 59.5 Å². The third-order valence-corrected chi connectivity index (χ3v) is 6.58. The van der Waals surface area contributed by atoms with Gasteiger partial charge in [0.2, 0.25) is 10.0 Å². The Morgan fingerprint density at radius 2 is 1.79 bits per heavy atom. The van der Waals surface area contributed by atoms with Gasteiger partial charge < -0.3 is 4.74 Å². The molecule has 2 aromatic carbocycles. The van der Waals surface area contributed by atoms with Crippen LogP contribution in [-0.4, -0.2) is 25.3 Å². The molecular formula is C20H17N3O4S. The predicted molar refractivity (Wildman–Crippen MR) is 98.6 cm³/mol. The van der Waals surface area contributed by atoms with Gasteiger partial charge in [-0.15, -0.1) is 0 Å². The normalized spacial score (nSPS) is 21.1. The zero-order chi connectivity index (χ0) is 20.4. The van der Waals surface area contributed by atoms with Crippen molar-refractivity contribution in [3.8, 4) is 12.1 Å². The Kier molecular flexibility index (Phi) is 5.19. The van der Waals surface area contributed by atoms with Crippen molar-refractivity contribution >= 4 is 16.0 Å². The van der Waals surface area contributed by atoms with Crippen molar-refractivity contribution in [3.05, 3.63) is 65.7 Å². The fraction of sp³-hybridized carbons (Fsp3) is 0.250. The van der Waals surface area contributed by atoms with E-state index in [1.807, 2.05) is 12.1 Å². The molecule has 1 aliphatic rings. The molecule has 0 amide bonds. The van der Waals surface area contributed by atoms with Crippen LogP contribution in [0, 0.1) is 28.6 Å². The van der Waals surface area contributed by atoms with Crippen LogP contribution in [0.1, 0.15) is 18.1 Å². The molecule has 0 bridgehead atoms. The van der Waals surface area contributed by atoms with Gasteiger partial charge in [-0.3, -0.25) is 4.79 Å². The summed E-state index contributed by atoms with van der Waals surface area (Å²) in [6, 6.07) is 18.4. The van der Waals surface area contributed by atoms with E-state index in [2.05, 4.69) is 0 Å². The van der Waals surface area contributed by atoms with Crippen molar-refractivity contribution in [1.82, 2.24) is 4.31 Å². The smallest absolute Gasteiger partial charge is 0.326 e. The lowest BCUT2D eigenvalue weighted by Crippen LogP contribution is -2.50. The van der Waals surface area contributed by atoms with Crippen molar-refractivity contribution < 1.29 is 17.9 Å². The molecule has 2 aromatic rings. The van der Waals surface area contributed by atoms with Crippen molar-refractivity contribution in [1.29, 1.82) is 10.5 Å². The molecule has 0 spiro atoms. The molecule has 7 nitrogen and oxygen atoms in total. The average molecular weight is 395 g/mol. The molecule has 2 unspecified atom stereocenters. The number of esters is 1. The van der Waals surface area contributed by atoms with E-state index in [1.54, 1.807) is 43.3 Å². The number of nitrogens with zero attached hydrogens (tertiary/aromatic N) is 3. The Hall–Kier alpha value is -3.20. The van der Waals surface area contributed by atoms with Crippen molar-refractivity contribution in [2.75, 3.05) is 6.61 Å². The van der Waals surface area contributed by atoms with Crippen molar-refractivity contribution in [2.24, 2.45) is 5.92 Å². The van der Waals surface area contributed by atoms with Crippen molar-refractivity contribution in [2.45, 2.75) is 23.9 Å². The Morgan fingerprint density at radius 3 is 2.39 bits per heavy atom. The van der Waals surface area contributed by atoms with Crippen LogP contribution in [0.25, 0.3) is 0 Å². The fourth-order valence-corrected chi connectivity index (χ4v) is 5.36. The summed E-state index contributed by atoms with van der Waals surface area (Å²) in [6.45, 7) is 1.42. The largest absolute Gasteiger partial charge is 0.465 e. The van der Waals surface area contributed by atoms with E-state index in [1.165, 1.54) is 18.2 Å². The number of fused-ring (bicyclic) bond motifs is 1. The number of sulfonamides is 1. The molecule has 0 saturated heterocycles. The van der Waals surface area contributed by atoms with Gasteiger partial charge in [0.05, 0.1) is 23.6 Å². The number of ether oxygens (including phenoxy) is 1. The van der Waals surface area contributed by atoms with E-state index in [-0.39, 0.29) is 23.6 Å². The molecule has 1 aliphatic heterocycles. The first kappa shape index (κ1) is 19.6. The van der Waals surface area contributed by atoms with E-state index in [0.29, 0.717) is 5.56 Å². The molecule has 3 rings (SSSR count). The summed E-state index contributed by atoms with van der Waals surface area (Å²) in [5.41, 5.74) is -1.29. The van der Waals surface area contributed by atoms with Crippen LogP contribution in [-0.2, 0) is 31.6 Å². The third-order valence-electron chi connectivity index (χ3n) is 4.67. The number of carbonyl (C=O) groups is 1. The summed E-state index contributed by atoms with van der Waals surface area (Å²) in [7, 11) is -4.12. The Balaban J connectivity index is 2.27. The summed E-state index contributed by atoms with van der Waals surface area (Å²) in [5, 5.41) is 19.9. The molecule has 0 fully saturated rings. The summed E-state index contributed by atoms with van der Waals surface area (Å²) in [5.74, 6) is -2.57. The quantitative estimate of drug-likeness (QED) is 0.718. The minimum Gasteiger partial charge on any atom is -0.465 e. The highest BCUT2D eigenvalue weighted by Gasteiger charge is 2.61. The lowest BCUT2D eigenvalue weighted by molar-refractivity contribution is -0.149. The number of carbonyl (C=O) groups excluding carboxylic acids is 1. The van der Waals surface area contributed by atoms with E-state index in [0.717, 1.165) is 4.31 Å². The molecule has 0 aromatic heterocycles. The van der Waals surface area contributed by atoms with Crippen LogP contribution in [0.3, 0.4) is 0 Å². The van der Waals surface area contributed by atoms with Gasteiger partial charge in [-0.1, -0.05) is 48.5 Å². The summed E-state index contributed by atoms with van der Waals surface area (Å²) in [6.07, 6.45) is 0. The van der Waals surface area contributed by atoms with E-state index < -0.39 is 27.4 Å². The highest BCUT2D eigenvalue weighted by atomic mass is 32.2. The maximum absolute atomic E-state index is 13.3. The first-order chi connectivity index (χ1) is 13.4. The first-order valence-corrected chi connectivity index (χ1v) is 10.0. The molecule has 0 saturated carbocycles. The topological polar surface area (TPSA) is 111 Å². The molecule has 0 radical (unpaired) electrons. The maximum atomic E-state index is 13.3. The Morgan fingerprint density at radius 1 is 1.14 bits per heavy atom. The van der Waals surface area contributed by atoms with Crippen LogP contribution in [0.2, 0.25) is 0 Å². The second-order valence-electron chi connectivity index (χ2n) is 6.19. The Labute approximate surface area is 163 Å². The molecule has 28 heavy (non-hydrogen) atoms. The van der Waals surface area contributed by atoms with Gasteiger partial charge in [0.15, 0.2) is 11.5 Å². The molecule has 0 aliphatic carbocycles. The number of rotatable bonds is 5. The lowest BCUT2D eigenvalue weighted by Gasteiger charge is -2.33. The molecule has 8 heteroatoms. The van der Waals surface area contributed by atoms with Gasteiger partial charge in [0.1, 0.15) is 0 Å². The third kappa shape index (κ3) is 2.84. The molecule has 0 N–H and O–H groups in total. The van der Waals surface area contributed by atoms with Crippen LogP contribution < -0.4 is 0 Å². The molecule has 142 valence electrons. The molecular weight excluding hydrogens is 378 g/mol. The highest BCUT2D eigenvalue weighted by Crippen LogP contribution is 2.49. The zero-order valence-corrected chi connectivity index (χ0v) is 15.9. The fourth-order valence-electron chi connectivity index (χ4n) is 3.43. The van der Waals surface area contributed by atoms with Gasteiger partial charge in [0.25, 0.3) is 0 Å². The van der Waals surface area contributed by atoms with Crippen molar-refractivity contribution in [3.63, 3.8) is 0 Å². The van der Waals surface area contributed by atoms with Gasteiger partial charge in [-0.25, -0.2) is 8.42 Å².